The van der Waals surface area contributed by atoms with E-state index in [1.54, 1.807) is 29.6 Å². The molecule has 1 N–H and O–H groups in total. The summed E-state index contributed by atoms with van der Waals surface area (Å²) in [4.78, 5) is 32.2. The number of carbonyl (C=O) groups is 2. The van der Waals surface area contributed by atoms with Crippen molar-refractivity contribution < 1.29 is 14.0 Å². The van der Waals surface area contributed by atoms with E-state index in [-0.39, 0.29) is 23.6 Å². The minimum atomic E-state index is -0.620. The fraction of sp³-hybridized carbons (Fsp3) is 0.192. The van der Waals surface area contributed by atoms with Crippen LogP contribution < -0.4 is 5.32 Å². The van der Waals surface area contributed by atoms with Crippen LogP contribution >= 0.6 is 0 Å². The molecule has 5 rings (SSSR count). The van der Waals surface area contributed by atoms with E-state index < -0.39 is 6.04 Å². The third kappa shape index (κ3) is 4.17. The van der Waals surface area contributed by atoms with Gasteiger partial charge in [0.2, 0.25) is 5.91 Å². The number of aromatic nitrogens is 2. The van der Waals surface area contributed by atoms with Crippen LogP contribution in [0, 0.1) is 0 Å². The van der Waals surface area contributed by atoms with Crippen molar-refractivity contribution in [3.05, 3.63) is 108 Å². The highest BCUT2D eigenvalue weighted by atomic mass is 16.3. The van der Waals surface area contributed by atoms with E-state index in [2.05, 4.69) is 10.3 Å². The van der Waals surface area contributed by atoms with Gasteiger partial charge in [-0.25, -0.2) is 4.98 Å². The first-order chi connectivity index (χ1) is 16.1. The SMILES string of the molecule is C[C@@H](NC(=O)[C@@H]1Cc2ccccc2CN1C(=O)c1ccco1)c1ccc(-n2ccnc2)cc1. The number of furan rings is 1. The number of carbonyl (C=O) groups excluding carboxylic acids is 2. The summed E-state index contributed by atoms with van der Waals surface area (Å²) in [6.45, 7) is 2.31. The molecule has 4 aromatic rings. The lowest BCUT2D eigenvalue weighted by molar-refractivity contribution is -0.126. The quantitative estimate of drug-likeness (QED) is 0.510. The molecule has 7 heteroatoms. The normalized spacial score (nSPS) is 16.2. The van der Waals surface area contributed by atoms with Gasteiger partial charge in [-0.15, -0.1) is 0 Å². The zero-order valence-electron chi connectivity index (χ0n) is 18.2. The molecule has 0 fully saturated rings. The second-order valence-electron chi connectivity index (χ2n) is 8.19. The third-order valence-electron chi connectivity index (χ3n) is 6.10. The maximum Gasteiger partial charge on any atom is 0.290 e. The molecule has 2 atom stereocenters. The lowest BCUT2D eigenvalue weighted by atomic mass is 9.93. The largest absolute Gasteiger partial charge is 0.459 e. The van der Waals surface area contributed by atoms with E-state index in [9.17, 15) is 9.59 Å². The van der Waals surface area contributed by atoms with E-state index in [4.69, 9.17) is 4.42 Å². The summed E-state index contributed by atoms with van der Waals surface area (Å²) < 4.78 is 7.25. The molecule has 2 aromatic carbocycles. The first kappa shape index (κ1) is 20.8. The molecule has 2 amide bonds. The Hall–Kier alpha value is -4.13. The smallest absolute Gasteiger partial charge is 0.290 e. The van der Waals surface area contributed by atoms with Crippen molar-refractivity contribution in [2.24, 2.45) is 0 Å². The van der Waals surface area contributed by atoms with Crippen molar-refractivity contribution in [1.29, 1.82) is 0 Å². The lowest BCUT2D eigenvalue weighted by Crippen LogP contribution is -2.52. The number of nitrogens with one attached hydrogen (secondary N) is 1. The molecular weight excluding hydrogens is 416 g/mol. The molecule has 0 bridgehead atoms. The van der Waals surface area contributed by atoms with E-state index in [1.165, 1.54) is 6.26 Å². The second kappa shape index (κ2) is 8.78. The molecule has 166 valence electrons. The van der Waals surface area contributed by atoms with E-state index in [0.717, 1.165) is 22.4 Å². The number of fused-ring (bicyclic) bond motifs is 1. The maximum absolute atomic E-state index is 13.4. The highest BCUT2D eigenvalue weighted by Crippen LogP contribution is 2.26. The standard InChI is InChI=1S/C26H24N4O3/c1-18(19-8-10-22(11-9-19)29-13-12-27-17-29)28-25(31)23-15-20-5-2-3-6-21(20)16-30(23)26(32)24-7-4-14-33-24/h2-14,17-18,23H,15-16H2,1H3,(H,28,31)/t18-,23+/m1/s1. The molecule has 1 aliphatic heterocycles. The highest BCUT2D eigenvalue weighted by molar-refractivity contribution is 5.96. The van der Waals surface area contributed by atoms with E-state index in [1.807, 2.05) is 66.2 Å². The fourth-order valence-corrected chi connectivity index (χ4v) is 4.25. The molecule has 0 unspecified atom stereocenters. The zero-order chi connectivity index (χ0) is 22.8. The van der Waals surface area contributed by atoms with Crippen LogP contribution in [0.3, 0.4) is 0 Å². The molecule has 0 radical (unpaired) electrons. The Labute approximate surface area is 191 Å². The molecule has 0 aliphatic carbocycles. The van der Waals surface area contributed by atoms with Crippen LogP contribution in [-0.4, -0.2) is 32.3 Å². The van der Waals surface area contributed by atoms with Crippen LogP contribution in [0.25, 0.3) is 5.69 Å². The maximum atomic E-state index is 13.4. The highest BCUT2D eigenvalue weighted by Gasteiger charge is 2.36. The number of hydrogen-bond acceptors (Lipinski definition) is 4. The summed E-state index contributed by atoms with van der Waals surface area (Å²) in [5.41, 5.74) is 4.10. The van der Waals surface area contributed by atoms with Crippen LogP contribution in [0.1, 0.15) is 40.2 Å². The van der Waals surface area contributed by atoms with Crippen molar-refractivity contribution in [1.82, 2.24) is 19.8 Å². The number of imidazole rings is 1. The molecular formula is C26H24N4O3. The molecule has 7 nitrogen and oxygen atoms in total. The summed E-state index contributed by atoms with van der Waals surface area (Å²) in [7, 11) is 0. The summed E-state index contributed by atoms with van der Waals surface area (Å²) in [5, 5.41) is 3.10. The Balaban J connectivity index is 1.35. The number of hydrogen-bond donors (Lipinski definition) is 1. The van der Waals surface area contributed by atoms with Gasteiger partial charge in [-0.1, -0.05) is 36.4 Å². The molecule has 0 spiro atoms. The Kier molecular flexibility index (Phi) is 5.52. The minimum Gasteiger partial charge on any atom is -0.459 e. The molecule has 33 heavy (non-hydrogen) atoms. The minimum absolute atomic E-state index is 0.185. The van der Waals surface area contributed by atoms with Crippen molar-refractivity contribution in [3.63, 3.8) is 0 Å². The zero-order valence-corrected chi connectivity index (χ0v) is 18.2. The molecule has 1 aliphatic rings. The van der Waals surface area contributed by atoms with Gasteiger partial charge in [0, 0.05) is 31.0 Å². The summed E-state index contributed by atoms with van der Waals surface area (Å²) >= 11 is 0. The van der Waals surface area contributed by atoms with Gasteiger partial charge in [0.1, 0.15) is 6.04 Å². The second-order valence-corrected chi connectivity index (χ2v) is 8.19. The van der Waals surface area contributed by atoms with Crippen molar-refractivity contribution >= 4 is 11.8 Å². The molecule has 2 aromatic heterocycles. The summed E-state index contributed by atoms with van der Waals surface area (Å²) in [6, 6.07) is 18.3. The lowest BCUT2D eigenvalue weighted by Gasteiger charge is -2.36. The van der Waals surface area contributed by atoms with Gasteiger partial charge in [-0.3, -0.25) is 9.59 Å². The number of rotatable bonds is 5. The van der Waals surface area contributed by atoms with Gasteiger partial charge < -0.3 is 19.2 Å². The van der Waals surface area contributed by atoms with Gasteiger partial charge in [0.15, 0.2) is 5.76 Å². The van der Waals surface area contributed by atoms with Gasteiger partial charge in [-0.2, -0.15) is 0 Å². The fourth-order valence-electron chi connectivity index (χ4n) is 4.25. The number of nitrogens with zero attached hydrogens (tertiary/aromatic N) is 3. The molecule has 0 saturated carbocycles. The average Bonchev–Trinajstić information content (AvgIpc) is 3.57. The number of benzene rings is 2. The topological polar surface area (TPSA) is 80.4 Å². The van der Waals surface area contributed by atoms with Gasteiger partial charge in [0.05, 0.1) is 18.6 Å². The van der Waals surface area contributed by atoms with Crippen LogP contribution in [0.15, 0.2) is 90.1 Å². The van der Waals surface area contributed by atoms with Crippen LogP contribution in [0.4, 0.5) is 0 Å². The average molecular weight is 441 g/mol. The van der Waals surface area contributed by atoms with Crippen molar-refractivity contribution in [2.45, 2.75) is 32.0 Å². The molecule has 3 heterocycles. The predicted octanol–water partition coefficient (Wildman–Crippen LogP) is 3.91. The third-order valence-corrected chi connectivity index (χ3v) is 6.10. The summed E-state index contributed by atoms with van der Waals surface area (Å²) in [5.74, 6) is -0.238. The Morgan fingerprint density at radius 3 is 2.55 bits per heavy atom. The van der Waals surface area contributed by atoms with Crippen LogP contribution in [0.2, 0.25) is 0 Å². The van der Waals surface area contributed by atoms with E-state index in [0.29, 0.717) is 13.0 Å². The predicted molar refractivity (Wildman–Crippen MR) is 123 cm³/mol. The monoisotopic (exact) mass is 440 g/mol. The van der Waals surface area contributed by atoms with Crippen LogP contribution in [0.5, 0.6) is 0 Å². The molecule has 0 saturated heterocycles. The van der Waals surface area contributed by atoms with Gasteiger partial charge in [-0.05, 0) is 47.9 Å². The van der Waals surface area contributed by atoms with E-state index >= 15 is 0 Å². The van der Waals surface area contributed by atoms with Crippen molar-refractivity contribution in [3.8, 4) is 5.69 Å². The first-order valence-corrected chi connectivity index (χ1v) is 10.9. The van der Waals surface area contributed by atoms with Crippen LogP contribution in [-0.2, 0) is 17.8 Å². The Morgan fingerprint density at radius 2 is 1.85 bits per heavy atom. The summed E-state index contributed by atoms with van der Waals surface area (Å²) in [6.07, 6.45) is 7.28. The Bertz CT molecular complexity index is 1250. The van der Waals surface area contributed by atoms with Gasteiger partial charge in [0.25, 0.3) is 5.91 Å². The van der Waals surface area contributed by atoms with Gasteiger partial charge >= 0.3 is 0 Å². The first-order valence-electron chi connectivity index (χ1n) is 10.9. The van der Waals surface area contributed by atoms with Crippen molar-refractivity contribution in [2.75, 3.05) is 0 Å². The Morgan fingerprint density at radius 1 is 1.06 bits per heavy atom. The number of amides is 2.